The number of rotatable bonds is 3. The largest absolute Gasteiger partial charge is 0.454 e. The van der Waals surface area contributed by atoms with Gasteiger partial charge < -0.3 is 10.5 Å². The van der Waals surface area contributed by atoms with Gasteiger partial charge in [-0.15, -0.1) is 0 Å². The minimum atomic E-state index is -0.648. The van der Waals surface area contributed by atoms with Crippen LogP contribution in [0.5, 0.6) is 11.5 Å². The van der Waals surface area contributed by atoms with Crippen LogP contribution in [-0.4, -0.2) is 4.92 Å². The number of nitrogens with two attached hydrogens (primary N) is 1. The minimum absolute atomic E-state index is 0.0547. The smallest absolute Gasteiger partial charge is 0.271 e. The van der Waals surface area contributed by atoms with E-state index in [2.05, 4.69) is 15.9 Å². The molecule has 0 bridgehead atoms. The molecular weight excluding hydrogens is 354 g/mol. The van der Waals surface area contributed by atoms with E-state index in [1.54, 1.807) is 0 Å². The monoisotopic (exact) mass is 360 g/mol. The molecule has 0 aliphatic rings. The Morgan fingerprint density at radius 2 is 2.00 bits per heavy atom. The minimum Gasteiger partial charge on any atom is -0.454 e. The molecule has 0 aliphatic heterocycles. The molecule has 0 atom stereocenters. The Labute approximate surface area is 126 Å². The average Bonchev–Trinajstić information content (AvgIpc) is 2.37. The number of benzene rings is 2. The van der Waals surface area contributed by atoms with Crippen LogP contribution >= 0.6 is 27.5 Å². The Hall–Kier alpha value is -1.86. The van der Waals surface area contributed by atoms with Crippen molar-refractivity contribution in [2.24, 2.45) is 0 Å². The van der Waals surface area contributed by atoms with E-state index in [0.717, 1.165) is 12.1 Å². The molecule has 0 saturated heterocycles. The van der Waals surface area contributed by atoms with Crippen molar-refractivity contribution in [2.75, 3.05) is 5.73 Å². The summed E-state index contributed by atoms with van der Waals surface area (Å²) >= 11 is 8.79. The van der Waals surface area contributed by atoms with Gasteiger partial charge in [0, 0.05) is 18.2 Å². The molecule has 0 saturated carbocycles. The van der Waals surface area contributed by atoms with Crippen molar-refractivity contribution in [3.8, 4) is 11.5 Å². The van der Waals surface area contributed by atoms with Crippen molar-refractivity contribution in [1.82, 2.24) is 0 Å². The summed E-state index contributed by atoms with van der Waals surface area (Å²) in [5.41, 5.74) is 5.57. The number of nitrogen functional groups attached to an aromatic ring is 1. The van der Waals surface area contributed by atoms with Crippen LogP contribution in [0.1, 0.15) is 0 Å². The van der Waals surface area contributed by atoms with Gasteiger partial charge in [-0.2, -0.15) is 0 Å². The van der Waals surface area contributed by atoms with Crippen molar-refractivity contribution in [1.29, 1.82) is 0 Å². The van der Waals surface area contributed by atoms with E-state index in [9.17, 15) is 14.5 Å². The molecule has 0 amide bonds. The number of nitro benzene ring substituents is 1. The van der Waals surface area contributed by atoms with Gasteiger partial charge in [0.1, 0.15) is 11.6 Å². The van der Waals surface area contributed by atoms with Crippen molar-refractivity contribution < 1.29 is 14.1 Å². The Kier molecular flexibility index (Phi) is 4.10. The molecule has 2 rings (SSSR count). The van der Waals surface area contributed by atoms with Gasteiger partial charge in [0.2, 0.25) is 0 Å². The summed E-state index contributed by atoms with van der Waals surface area (Å²) in [6.07, 6.45) is 0. The third-order valence-corrected chi connectivity index (χ3v) is 3.31. The van der Waals surface area contributed by atoms with Gasteiger partial charge in [0.05, 0.1) is 20.1 Å². The summed E-state index contributed by atoms with van der Waals surface area (Å²) in [4.78, 5) is 10.0. The summed E-state index contributed by atoms with van der Waals surface area (Å²) in [5, 5.41) is 10.5. The third-order valence-electron chi connectivity index (χ3n) is 2.40. The number of non-ortho nitro benzene ring substituents is 1. The number of halogens is 3. The van der Waals surface area contributed by atoms with Crippen molar-refractivity contribution in [3.63, 3.8) is 0 Å². The second-order valence-electron chi connectivity index (χ2n) is 3.78. The highest BCUT2D eigenvalue weighted by atomic mass is 79.9. The first-order valence-corrected chi connectivity index (χ1v) is 6.42. The van der Waals surface area contributed by atoms with Gasteiger partial charge in [-0.25, -0.2) is 4.39 Å². The molecule has 8 heteroatoms. The molecule has 5 nitrogen and oxygen atoms in total. The van der Waals surface area contributed by atoms with Crippen LogP contribution in [0.3, 0.4) is 0 Å². The van der Waals surface area contributed by atoms with Crippen LogP contribution in [0.4, 0.5) is 15.8 Å². The Morgan fingerprint density at radius 3 is 2.60 bits per heavy atom. The first-order chi connectivity index (χ1) is 9.38. The number of anilines is 1. The fourth-order valence-electron chi connectivity index (χ4n) is 1.44. The maximum absolute atomic E-state index is 13.4. The van der Waals surface area contributed by atoms with Crippen LogP contribution in [0.25, 0.3) is 0 Å². The topological polar surface area (TPSA) is 78.4 Å². The molecular formula is C12H7BrClFN2O3. The molecule has 0 aromatic heterocycles. The fraction of sp³-hybridized carbons (Fsp3) is 0. The number of nitrogens with zero attached hydrogens (tertiary/aromatic N) is 1. The summed E-state index contributed by atoms with van der Waals surface area (Å²) in [6.45, 7) is 0. The third kappa shape index (κ3) is 3.00. The lowest BCUT2D eigenvalue weighted by molar-refractivity contribution is -0.384. The fourth-order valence-corrected chi connectivity index (χ4v) is 2.16. The highest BCUT2D eigenvalue weighted by Crippen LogP contribution is 2.36. The Balaban J connectivity index is 2.35. The first-order valence-electron chi connectivity index (χ1n) is 5.25. The zero-order valence-electron chi connectivity index (χ0n) is 9.77. The lowest BCUT2D eigenvalue weighted by Gasteiger charge is -2.10. The van der Waals surface area contributed by atoms with Gasteiger partial charge in [0.15, 0.2) is 5.75 Å². The van der Waals surface area contributed by atoms with Crippen molar-refractivity contribution >= 4 is 38.9 Å². The molecule has 2 N–H and O–H groups in total. The summed E-state index contributed by atoms with van der Waals surface area (Å²) in [6, 6.07) is 6.18. The van der Waals surface area contributed by atoms with E-state index in [-0.39, 0.29) is 27.9 Å². The molecule has 0 radical (unpaired) electrons. The van der Waals surface area contributed by atoms with Gasteiger partial charge in [-0.1, -0.05) is 11.6 Å². The normalized spacial score (nSPS) is 10.3. The van der Waals surface area contributed by atoms with E-state index in [4.69, 9.17) is 22.1 Å². The molecule has 20 heavy (non-hydrogen) atoms. The second-order valence-corrected chi connectivity index (χ2v) is 5.04. The van der Waals surface area contributed by atoms with E-state index in [1.165, 1.54) is 18.2 Å². The van der Waals surface area contributed by atoms with Crippen LogP contribution in [0.2, 0.25) is 5.02 Å². The van der Waals surface area contributed by atoms with E-state index >= 15 is 0 Å². The molecule has 104 valence electrons. The first kappa shape index (κ1) is 14.5. The zero-order valence-corrected chi connectivity index (χ0v) is 12.1. The molecule has 0 heterocycles. The maximum Gasteiger partial charge on any atom is 0.271 e. The van der Waals surface area contributed by atoms with Gasteiger partial charge in [0.25, 0.3) is 5.69 Å². The van der Waals surface area contributed by atoms with E-state index < -0.39 is 10.7 Å². The highest BCUT2D eigenvalue weighted by Gasteiger charge is 2.13. The van der Waals surface area contributed by atoms with Gasteiger partial charge in [-0.3, -0.25) is 10.1 Å². The van der Waals surface area contributed by atoms with Crippen LogP contribution < -0.4 is 10.5 Å². The van der Waals surface area contributed by atoms with E-state index in [0.29, 0.717) is 4.47 Å². The van der Waals surface area contributed by atoms with Gasteiger partial charge >= 0.3 is 0 Å². The Bertz CT molecular complexity index is 697. The Morgan fingerprint density at radius 1 is 1.30 bits per heavy atom. The molecule has 0 unspecified atom stereocenters. The predicted molar refractivity (Wildman–Crippen MR) is 76.7 cm³/mol. The quantitative estimate of drug-likeness (QED) is 0.377. The molecule has 0 fully saturated rings. The van der Waals surface area contributed by atoms with E-state index in [1.807, 2.05) is 0 Å². The lowest BCUT2D eigenvalue weighted by Crippen LogP contribution is -1.96. The molecule has 2 aromatic rings. The number of hydrogen-bond donors (Lipinski definition) is 1. The number of nitro groups is 1. The summed E-state index contributed by atoms with van der Waals surface area (Å²) in [7, 11) is 0. The molecule has 2 aromatic carbocycles. The molecule has 0 spiro atoms. The lowest BCUT2D eigenvalue weighted by atomic mass is 10.2. The standard InChI is InChI=1S/C12H7BrClFN2O3/c13-7-4-8(14)9(15)5-12(7)20-11-2-1-6(17(18)19)3-10(11)16/h1-5H,16H2. The summed E-state index contributed by atoms with van der Waals surface area (Å²) in [5.74, 6) is -0.309. The van der Waals surface area contributed by atoms with Crippen LogP contribution in [0.15, 0.2) is 34.8 Å². The van der Waals surface area contributed by atoms with Crippen LogP contribution in [0, 0.1) is 15.9 Å². The zero-order chi connectivity index (χ0) is 14.9. The number of hydrogen-bond acceptors (Lipinski definition) is 4. The van der Waals surface area contributed by atoms with Crippen molar-refractivity contribution in [2.45, 2.75) is 0 Å². The maximum atomic E-state index is 13.4. The van der Waals surface area contributed by atoms with Crippen LogP contribution in [-0.2, 0) is 0 Å². The highest BCUT2D eigenvalue weighted by molar-refractivity contribution is 9.10. The second kappa shape index (κ2) is 5.64. The number of ether oxygens (including phenoxy) is 1. The summed E-state index contributed by atoms with van der Waals surface area (Å²) < 4.78 is 19.2. The van der Waals surface area contributed by atoms with Crippen molar-refractivity contribution in [3.05, 3.63) is 55.8 Å². The van der Waals surface area contributed by atoms with Gasteiger partial charge in [-0.05, 0) is 28.1 Å². The molecule has 0 aliphatic carbocycles. The average molecular weight is 362 g/mol. The predicted octanol–water partition coefficient (Wildman–Crippen LogP) is 4.52. The SMILES string of the molecule is Nc1cc([N+](=O)[O-])ccc1Oc1cc(F)c(Cl)cc1Br.